The Morgan fingerprint density at radius 1 is 0.629 bits per heavy atom. The molecule has 0 atom stereocenters. The number of aromatic nitrogens is 4. The van der Waals surface area contributed by atoms with Gasteiger partial charge in [0.15, 0.2) is 0 Å². The average molecular weight is 447 g/mol. The molecule has 0 spiro atoms. The zero-order valence-electron chi connectivity index (χ0n) is 18.8. The summed E-state index contributed by atoms with van der Waals surface area (Å²) in [4.78, 5) is 14.6. The van der Waals surface area contributed by atoms with Gasteiger partial charge in [-0.3, -0.25) is 9.38 Å². The van der Waals surface area contributed by atoms with Gasteiger partial charge in [0.25, 0.3) is 0 Å². The molecule has 4 heteroatoms. The van der Waals surface area contributed by atoms with E-state index in [4.69, 9.17) is 9.97 Å². The SMILES string of the molecule is c1ccc2c(c1)Cc1c-2ccc2c1-c1c(ccc3c1nc1c4cnccc4c4cccnc4n31)C2. The highest BCUT2D eigenvalue weighted by molar-refractivity contribution is 6.14. The molecule has 4 aromatic heterocycles. The zero-order chi connectivity index (χ0) is 22.7. The van der Waals surface area contributed by atoms with Gasteiger partial charge in [0, 0.05) is 34.9 Å². The van der Waals surface area contributed by atoms with Crippen LogP contribution in [0, 0.1) is 0 Å². The van der Waals surface area contributed by atoms with E-state index in [9.17, 15) is 0 Å². The second kappa shape index (κ2) is 6.10. The monoisotopic (exact) mass is 446 g/mol. The lowest BCUT2D eigenvalue weighted by Crippen LogP contribution is -1.94. The molecule has 0 N–H and O–H groups in total. The Labute approximate surface area is 200 Å². The Morgan fingerprint density at radius 3 is 2.54 bits per heavy atom. The van der Waals surface area contributed by atoms with E-state index in [1.807, 2.05) is 24.7 Å². The summed E-state index contributed by atoms with van der Waals surface area (Å²) < 4.78 is 2.23. The van der Waals surface area contributed by atoms with Gasteiger partial charge in [0.1, 0.15) is 11.3 Å². The fourth-order valence-corrected chi connectivity index (χ4v) is 6.52. The van der Waals surface area contributed by atoms with Crippen LogP contribution in [-0.2, 0) is 12.8 Å². The Hall–Kier alpha value is -4.57. The molecule has 4 heterocycles. The smallest absolute Gasteiger partial charge is 0.149 e. The predicted octanol–water partition coefficient (Wildman–Crippen LogP) is 6.73. The van der Waals surface area contributed by atoms with Gasteiger partial charge in [-0.2, -0.15) is 0 Å². The standard InChI is InChI=1S/C31H18N4/c1-2-5-20-17(4-1)15-24-21(20)9-7-18-14-19-8-10-26-29(28(19)27(18)24)34-31-25-16-32-13-11-22(25)23-6-3-12-33-30(23)35(26)31/h1-13,16H,14-15H2. The lowest BCUT2D eigenvalue weighted by atomic mass is 9.94. The third-order valence-electron chi connectivity index (χ3n) is 7.97. The van der Waals surface area contributed by atoms with Gasteiger partial charge in [-0.1, -0.05) is 42.5 Å². The quantitative estimate of drug-likeness (QED) is 0.243. The number of hydrogen-bond donors (Lipinski definition) is 0. The molecule has 2 aliphatic carbocycles. The maximum atomic E-state index is 5.32. The van der Waals surface area contributed by atoms with E-state index in [-0.39, 0.29) is 0 Å². The van der Waals surface area contributed by atoms with Crippen molar-refractivity contribution >= 4 is 38.5 Å². The number of nitrogens with zero attached hydrogens (tertiary/aromatic N) is 4. The van der Waals surface area contributed by atoms with E-state index < -0.39 is 0 Å². The first-order valence-corrected chi connectivity index (χ1v) is 12.0. The van der Waals surface area contributed by atoms with Crippen LogP contribution in [0.4, 0.5) is 0 Å². The van der Waals surface area contributed by atoms with Crippen molar-refractivity contribution in [2.45, 2.75) is 12.8 Å². The van der Waals surface area contributed by atoms with Crippen LogP contribution >= 0.6 is 0 Å². The van der Waals surface area contributed by atoms with Crippen molar-refractivity contribution in [2.75, 3.05) is 0 Å². The van der Waals surface area contributed by atoms with E-state index in [0.29, 0.717) is 0 Å². The Balaban J connectivity index is 1.45. The molecular weight excluding hydrogens is 428 g/mol. The van der Waals surface area contributed by atoms with Crippen LogP contribution in [0.15, 0.2) is 85.3 Å². The summed E-state index contributed by atoms with van der Waals surface area (Å²) in [6.45, 7) is 0. The summed E-state index contributed by atoms with van der Waals surface area (Å²) in [5.41, 5.74) is 15.1. The van der Waals surface area contributed by atoms with Crippen LogP contribution in [0.5, 0.6) is 0 Å². The van der Waals surface area contributed by atoms with Crippen molar-refractivity contribution in [1.29, 1.82) is 0 Å². The molecule has 0 unspecified atom stereocenters. The second-order valence-electron chi connectivity index (χ2n) is 9.67. The molecule has 4 nitrogen and oxygen atoms in total. The third kappa shape index (κ3) is 2.11. The molecule has 0 aliphatic heterocycles. The summed E-state index contributed by atoms with van der Waals surface area (Å²) in [6.07, 6.45) is 7.59. The minimum absolute atomic E-state index is 0.923. The molecule has 0 saturated carbocycles. The normalized spacial score (nSPS) is 13.5. The highest BCUT2D eigenvalue weighted by Crippen LogP contribution is 2.49. The maximum absolute atomic E-state index is 5.32. The molecular formula is C31H18N4. The number of fused-ring (bicyclic) bond motifs is 16. The molecule has 3 aromatic carbocycles. The highest BCUT2D eigenvalue weighted by atomic mass is 15.1. The fourth-order valence-electron chi connectivity index (χ4n) is 6.52. The maximum Gasteiger partial charge on any atom is 0.149 e. The average Bonchev–Trinajstić information content (AvgIpc) is 3.59. The summed E-state index contributed by atoms with van der Waals surface area (Å²) in [7, 11) is 0. The number of hydrogen-bond acceptors (Lipinski definition) is 3. The van der Waals surface area contributed by atoms with Gasteiger partial charge in [-0.25, -0.2) is 9.97 Å². The number of pyridine rings is 3. The van der Waals surface area contributed by atoms with Gasteiger partial charge in [-0.05, 0) is 81.4 Å². The number of benzene rings is 3. The minimum atomic E-state index is 0.923. The van der Waals surface area contributed by atoms with E-state index in [2.05, 4.69) is 70.0 Å². The summed E-state index contributed by atoms with van der Waals surface area (Å²) in [5.74, 6) is 0. The van der Waals surface area contributed by atoms with Gasteiger partial charge >= 0.3 is 0 Å². The van der Waals surface area contributed by atoms with Gasteiger partial charge < -0.3 is 0 Å². The molecule has 0 amide bonds. The van der Waals surface area contributed by atoms with Crippen molar-refractivity contribution in [3.05, 3.63) is 108 Å². The number of rotatable bonds is 0. The first kappa shape index (κ1) is 17.8. The van der Waals surface area contributed by atoms with E-state index >= 15 is 0 Å². The molecule has 162 valence electrons. The summed E-state index contributed by atoms with van der Waals surface area (Å²) >= 11 is 0. The first-order valence-electron chi connectivity index (χ1n) is 12.0. The third-order valence-corrected chi connectivity index (χ3v) is 7.97. The van der Waals surface area contributed by atoms with Crippen molar-refractivity contribution < 1.29 is 0 Å². The Morgan fingerprint density at radius 2 is 1.54 bits per heavy atom. The van der Waals surface area contributed by atoms with Crippen LogP contribution in [0.2, 0.25) is 0 Å². The van der Waals surface area contributed by atoms with Crippen molar-refractivity contribution in [1.82, 2.24) is 19.4 Å². The van der Waals surface area contributed by atoms with Crippen LogP contribution in [0.25, 0.3) is 60.7 Å². The molecule has 0 fully saturated rings. The van der Waals surface area contributed by atoms with Gasteiger partial charge in [0.2, 0.25) is 0 Å². The highest BCUT2D eigenvalue weighted by Gasteiger charge is 2.31. The Kier molecular flexibility index (Phi) is 3.11. The van der Waals surface area contributed by atoms with Crippen molar-refractivity contribution in [3.63, 3.8) is 0 Å². The zero-order valence-corrected chi connectivity index (χ0v) is 18.8. The molecule has 7 aromatic rings. The van der Waals surface area contributed by atoms with Crippen molar-refractivity contribution in [3.8, 4) is 22.3 Å². The van der Waals surface area contributed by atoms with E-state index in [0.717, 1.165) is 51.3 Å². The van der Waals surface area contributed by atoms with Crippen molar-refractivity contribution in [2.24, 2.45) is 0 Å². The number of imidazole rings is 1. The molecule has 35 heavy (non-hydrogen) atoms. The molecule has 2 aliphatic rings. The predicted molar refractivity (Wildman–Crippen MR) is 140 cm³/mol. The topological polar surface area (TPSA) is 43.1 Å². The largest absolute Gasteiger partial charge is 0.276 e. The van der Waals surface area contributed by atoms with Crippen LogP contribution in [0.3, 0.4) is 0 Å². The lowest BCUT2D eigenvalue weighted by Gasteiger charge is -2.10. The van der Waals surface area contributed by atoms with E-state index in [1.165, 1.54) is 44.5 Å². The fraction of sp³-hybridized carbons (Fsp3) is 0.0645. The summed E-state index contributed by atoms with van der Waals surface area (Å²) in [6, 6.07) is 24.2. The summed E-state index contributed by atoms with van der Waals surface area (Å²) in [5, 5.41) is 3.31. The first-order chi connectivity index (χ1) is 17.4. The second-order valence-corrected chi connectivity index (χ2v) is 9.67. The van der Waals surface area contributed by atoms with Gasteiger partial charge in [-0.15, -0.1) is 0 Å². The molecule has 0 bridgehead atoms. The molecule has 9 rings (SSSR count). The van der Waals surface area contributed by atoms with Crippen LogP contribution in [0.1, 0.15) is 22.3 Å². The Bertz CT molecular complexity index is 2070. The lowest BCUT2D eigenvalue weighted by molar-refractivity contribution is 1.22. The van der Waals surface area contributed by atoms with Crippen LogP contribution in [-0.4, -0.2) is 19.4 Å². The van der Waals surface area contributed by atoms with Crippen LogP contribution < -0.4 is 0 Å². The van der Waals surface area contributed by atoms with E-state index in [1.54, 1.807) is 0 Å². The molecule has 0 radical (unpaired) electrons. The minimum Gasteiger partial charge on any atom is -0.276 e. The molecule has 0 saturated heterocycles. The van der Waals surface area contributed by atoms with Gasteiger partial charge in [0.05, 0.1) is 11.0 Å².